The molecular formula is C14H27NO3. The van der Waals surface area contributed by atoms with Crippen LogP contribution in [-0.4, -0.2) is 34.9 Å². The molecule has 18 heavy (non-hydrogen) atoms. The maximum Gasteiger partial charge on any atom is 0.306 e. The van der Waals surface area contributed by atoms with Crippen molar-refractivity contribution in [3.05, 3.63) is 0 Å². The van der Waals surface area contributed by atoms with Gasteiger partial charge in [0.15, 0.2) is 0 Å². The zero-order valence-corrected chi connectivity index (χ0v) is 11.5. The average molecular weight is 257 g/mol. The van der Waals surface area contributed by atoms with Gasteiger partial charge in [-0.1, -0.05) is 26.2 Å². The van der Waals surface area contributed by atoms with Gasteiger partial charge in [-0.25, -0.2) is 0 Å². The number of aliphatic carboxylic acids is 1. The molecule has 0 aliphatic heterocycles. The van der Waals surface area contributed by atoms with Crippen molar-refractivity contribution in [2.24, 2.45) is 5.92 Å². The van der Waals surface area contributed by atoms with Gasteiger partial charge in [0, 0.05) is 6.54 Å². The highest BCUT2D eigenvalue weighted by molar-refractivity contribution is 5.70. The highest BCUT2D eigenvalue weighted by Crippen LogP contribution is 2.31. The van der Waals surface area contributed by atoms with Crippen molar-refractivity contribution in [2.45, 2.75) is 63.9 Å². The lowest BCUT2D eigenvalue weighted by Gasteiger charge is -2.34. The van der Waals surface area contributed by atoms with Gasteiger partial charge in [-0.2, -0.15) is 0 Å². The van der Waals surface area contributed by atoms with Gasteiger partial charge < -0.3 is 15.5 Å². The van der Waals surface area contributed by atoms with E-state index in [-0.39, 0.29) is 5.92 Å². The second kappa shape index (κ2) is 7.74. The Labute approximate surface area is 110 Å². The molecule has 4 nitrogen and oxygen atoms in total. The third-order valence-electron chi connectivity index (χ3n) is 3.93. The van der Waals surface area contributed by atoms with Gasteiger partial charge in [0.05, 0.1) is 11.5 Å². The monoisotopic (exact) mass is 257 g/mol. The van der Waals surface area contributed by atoms with E-state index in [1.807, 2.05) is 0 Å². The van der Waals surface area contributed by atoms with Crippen LogP contribution >= 0.6 is 0 Å². The summed E-state index contributed by atoms with van der Waals surface area (Å²) in [5.74, 6) is -0.973. The molecule has 0 aromatic carbocycles. The lowest BCUT2D eigenvalue weighted by atomic mass is 9.79. The highest BCUT2D eigenvalue weighted by Gasteiger charge is 2.35. The lowest BCUT2D eigenvalue weighted by Crippen LogP contribution is -2.44. The van der Waals surface area contributed by atoms with Gasteiger partial charge in [0.2, 0.25) is 0 Å². The highest BCUT2D eigenvalue weighted by atomic mass is 16.4. The Morgan fingerprint density at radius 1 is 1.28 bits per heavy atom. The fraction of sp³-hybridized carbons (Fsp3) is 0.929. The molecule has 0 heterocycles. The van der Waals surface area contributed by atoms with E-state index in [1.165, 1.54) is 19.3 Å². The molecule has 1 aliphatic rings. The lowest BCUT2D eigenvalue weighted by molar-refractivity contribution is -0.144. The first-order valence-corrected chi connectivity index (χ1v) is 7.23. The quantitative estimate of drug-likeness (QED) is 0.583. The van der Waals surface area contributed by atoms with Crippen molar-refractivity contribution in [3.8, 4) is 0 Å². The Bertz CT molecular complexity index is 247. The van der Waals surface area contributed by atoms with E-state index >= 15 is 0 Å². The van der Waals surface area contributed by atoms with E-state index in [0.29, 0.717) is 32.2 Å². The Hall–Kier alpha value is -0.610. The SMILES string of the molecule is CCCCCCNCC1(O)CCC(C(=O)O)CC1. The van der Waals surface area contributed by atoms with E-state index < -0.39 is 11.6 Å². The van der Waals surface area contributed by atoms with Crippen molar-refractivity contribution in [1.82, 2.24) is 5.32 Å². The van der Waals surface area contributed by atoms with Crippen LogP contribution in [0.25, 0.3) is 0 Å². The van der Waals surface area contributed by atoms with Gasteiger partial charge in [-0.05, 0) is 38.6 Å². The molecule has 1 aliphatic carbocycles. The molecule has 3 N–H and O–H groups in total. The Balaban J connectivity index is 2.12. The maximum absolute atomic E-state index is 10.8. The van der Waals surface area contributed by atoms with E-state index in [2.05, 4.69) is 12.2 Å². The summed E-state index contributed by atoms with van der Waals surface area (Å²) in [5, 5.41) is 22.5. The standard InChI is InChI=1S/C14H27NO3/c1-2-3-4-5-10-15-11-14(18)8-6-12(7-9-14)13(16)17/h12,15,18H,2-11H2,1H3,(H,16,17). The summed E-state index contributed by atoms with van der Waals surface area (Å²) >= 11 is 0. The summed E-state index contributed by atoms with van der Waals surface area (Å²) in [4.78, 5) is 10.8. The Morgan fingerprint density at radius 3 is 2.50 bits per heavy atom. The number of hydrogen-bond donors (Lipinski definition) is 3. The predicted molar refractivity (Wildman–Crippen MR) is 71.6 cm³/mol. The average Bonchev–Trinajstić information content (AvgIpc) is 2.34. The molecule has 0 saturated heterocycles. The number of carbonyl (C=O) groups is 1. The molecule has 0 amide bonds. The van der Waals surface area contributed by atoms with Crippen molar-refractivity contribution in [2.75, 3.05) is 13.1 Å². The first kappa shape index (κ1) is 15.4. The Kier molecular flexibility index (Phi) is 6.65. The van der Waals surface area contributed by atoms with Crippen molar-refractivity contribution < 1.29 is 15.0 Å². The van der Waals surface area contributed by atoms with Gasteiger partial charge in [-0.15, -0.1) is 0 Å². The minimum atomic E-state index is -0.718. The molecule has 0 aromatic rings. The minimum Gasteiger partial charge on any atom is -0.481 e. The van der Waals surface area contributed by atoms with Crippen LogP contribution in [0, 0.1) is 5.92 Å². The number of carboxylic acids is 1. The molecule has 0 spiro atoms. The molecular weight excluding hydrogens is 230 g/mol. The molecule has 0 aromatic heterocycles. The normalized spacial score (nSPS) is 28.2. The fourth-order valence-corrected chi connectivity index (χ4v) is 2.58. The number of nitrogens with one attached hydrogen (secondary N) is 1. The molecule has 106 valence electrons. The van der Waals surface area contributed by atoms with Gasteiger partial charge in [-0.3, -0.25) is 4.79 Å². The number of hydrogen-bond acceptors (Lipinski definition) is 3. The van der Waals surface area contributed by atoms with Crippen LogP contribution in [0.4, 0.5) is 0 Å². The smallest absolute Gasteiger partial charge is 0.306 e. The number of rotatable bonds is 8. The topological polar surface area (TPSA) is 69.6 Å². The second-order valence-electron chi connectivity index (χ2n) is 5.57. The van der Waals surface area contributed by atoms with Crippen LogP contribution in [0.5, 0.6) is 0 Å². The van der Waals surface area contributed by atoms with Crippen LogP contribution in [-0.2, 0) is 4.79 Å². The first-order valence-electron chi connectivity index (χ1n) is 7.23. The molecule has 0 atom stereocenters. The third kappa shape index (κ3) is 5.36. The van der Waals surface area contributed by atoms with E-state index in [9.17, 15) is 9.90 Å². The number of unbranched alkanes of at least 4 members (excludes halogenated alkanes) is 3. The zero-order valence-electron chi connectivity index (χ0n) is 11.5. The Morgan fingerprint density at radius 2 is 1.94 bits per heavy atom. The van der Waals surface area contributed by atoms with Crippen molar-refractivity contribution in [3.63, 3.8) is 0 Å². The molecule has 0 radical (unpaired) electrons. The van der Waals surface area contributed by atoms with E-state index in [4.69, 9.17) is 5.11 Å². The van der Waals surface area contributed by atoms with Crippen molar-refractivity contribution in [1.29, 1.82) is 0 Å². The van der Waals surface area contributed by atoms with Gasteiger partial charge in [0.25, 0.3) is 0 Å². The summed E-state index contributed by atoms with van der Waals surface area (Å²) in [6.45, 7) is 3.74. The molecule has 1 saturated carbocycles. The molecule has 4 heteroatoms. The van der Waals surface area contributed by atoms with Crippen LogP contribution in [0.2, 0.25) is 0 Å². The predicted octanol–water partition coefficient (Wildman–Crippen LogP) is 2.16. The number of carboxylic acid groups (broad SMARTS) is 1. The van der Waals surface area contributed by atoms with Gasteiger partial charge in [0.1, 0.15) is 0 Å². The maximum atomic E-state index is 10.8. The minimum absolute atomic E-state index is 0.255. The summed E-state index contributed by atoms with van der Waals surface area (Å²) in [5.41, 5.74) is -0.684. The van der Waals surface area contributed by atoms with Crippen LogP contribution in [0.1, 0.15) is 58.3 Å². The zero-order chi connectivity index (χ0) is 13.4. The molecule has 0 bridgehead atoms. The summed E-state index contributed by atoms with van der Waals surface area (Å²) in [7, 11) is 0. The third-order valence-corrected chi connectivity index (χ3v) is 3.93. The molecule has 1 rings (SSSR count). The van der Waals surface area contributed by atoms with Crippen LogP contribution in [0.3, 0.4) is 0 Å². The summed E-state index contributed by atoms with van der Waals surface area (Å²) < 4.78 is 0. The largest absolute Gasteiger partial charge is 0.481 e. The number of aliphatic hydroxyl groups is 1. The molecule has 1 fully saturated rings. The van der Waals surface area contributed by atoms with Gasteiger partial charge >= 0.3 is 5.97 Å². The first-order chi connectivity index (χ1) is 8.57. The van der Waals surface area contributed by atoms with E-state index in [0.717, 1.165) is 13.0 Å². The summed E-state index contributed by atoms with van der Waals surface area (Å²) in [6, 6.07) is 0. The molecule has 0 unspecified atom stereocenters. The van der Waals surface area contributed by atoms with Crippen LogP contribution < -0.4 is 5.32 Å². The van der Waals surface area contributed by atoms with Crippen LogP contribution in [0.15, 0.2) is 0 Å². The second-order valence-corrected chi connectivity index (χ2v) is 5.57. The van der Waals surface area contributed by atoms with Crippen molar-refractivity contribution >= 4 is 5.97 Å². The summed E-state index contributed by atoms with van der Waals surface area (Å²) in [6.07, 6.45) is 7.31. The fourth-order valence-electron chi connectivity index (χ4n) is 2.58. The van der Waals surface area contributed by atoms with E-state index in [1.54, 1.807) is 0 Å².